The van der Waals surface area contributed by atoms with E-state index in [9.17, 15) is 14.4 Å². The number of hydrogen-bond acceptors (Lipinski definition) is 6. The third-order valence-corrected chi connectivity index (χ3v) is 6.35. The van der Waals surface area contributed by atoms with Crippen molar-refractivity contribution in [1.82, 2.24) is 15.1 Å². The Morgan fingerprint density at radius 1 is 1.00 bits per heavy atom. The summed E-state index contributed by atoms with van der Waals surface area (Å²) in [5.41, 5.74) is 3.00. The molecule has 4 amide bonds. The van der Waals surface area contributed by atoms with Gasteiger partial charge < -0.3 is 24.4 Å². The number of nitrogens with one attached hydrogen (secondary N) is 1. The van der Waals surface area contributed by atoms with Crippen molar-refractivity contribution in [2.45, 2.75) is 31.8 Å². The molecule has 2 heterocycles. The highest BCUT2D eigenvalue weighted by atomic mass is 16.5. The number of benzene rings is 2. The smallest absolute Gasteiger partial charge is 0.324 e. The van der Waals surface area contributed by atoms with Crippen LogP contribution in [0, 0.1) is 0 Å². The first-order valence-electron chi connectivity index (χ1n) is 11.2. The van der Waals surface area contributed by atoms with Crippen LogP contribution in [0.2, 0.25) is 0 Å². The summed E-state index contributed by atoms with van der Waals surface area (Å²) in [6.07, 6.45) is 1.08. The standard InChI is InChI=1S/C25H29N3O6/c1-32-20-7-5-4-6-16(20)9-11-28-24(30)19(26-25(28)31)14-23(29)27-10-8-17-12-21(33-2)22(34-3)13-18(17)15-27/h4-7,12-13,19H,8-11,14-15H2,1-3H3,(H,26,31)/t19-/m1/s1. The van der Waals surface area contributed by atoms with Gasteiger partial charge in [-0.05, 0) is 47.7 Å². The second-order valence-electron chi connectivity index (χ2n) is 8.30. The van der Waals surface area contributed by atoms with Gasteiger partial charge in [-0.3, -0.25) is 14.5 Å². The lowest BCUT2D eigenvalue weighted by atomic mass is 9.98. The maximum Gasteiger partial charge on any atom is 0.324 e. The lowest BCUT2D eigenvalue weighted by molar-refractivity contribution is -0.136. The number of para-hydroxylation sites is 1. The van der Waals surface area contributed by atoms with Crippen LogP contribution in [-0.2, 0) is 29.0 Å². The Balaban J connectivity index is 1.37. The highest BCUT2D eigenvalue weighted by Crippen LogP contribution is 2.33. The van der Waals surface area contributed by atoms with Gasteiger partial charge in [-0.25, -0.2) is 4.79 Å². The van der Waals surface area contributed by atoms with E-state index in [-0.39, 0.29) is 24.8 Å². The van der Waals surface area contributed by atoms with Crippen LogP contribution < -0.4 is 19.5 Å². The van der Waals surface area contributed by atoms with Crippen molar-refractivity contribution in [3.63, 3.8) is 0 Å². The molecule has 1 atom stereocenters. The number of carbonyl (C=O) groups is 3. The third-order valence-electron chi connectivity index (χ3n) is 6.35. The molecular weight excluding hydrogens is 438 g/mol. The number of urea groups is 1. The summed E-state index contributed by atoms with van der Waals surface area (Å²) in [7, 11) is 4.75. The fraction of sp³-hybridized carbons (Fsp3) is 0.400. The van der Waals surface area contributed by atoms with Crippen LogP contribution in [0.4, 0.5) is 4.79 Å². The number of nitrogens with zero attached hydrogens (tertiary/aromatic N) is 2. The molecule has 1 N–H and O–H groups in total. The van der Waals surface area contributed by atoms with E-state index in [1.54, 1.807) is 26.2 Å². The Kier molecular flexibility index (Phi) is 6.90. The Hall–Kier alpha value is -3.75. The third kappa shape index (κ3) is 4.64. The molecule has 1 saturated heterocycles. The molecule has 0 aromatic heterocycles. The van der Waals surface area contributed by atoms with Crippen LogP contribution in [0.1, 0.15) is 23.1 Å². The van der Waals surface area contributed by atoms with Crippen LogP contribution in [0.15, 0.2) is 36.4 Å². The zero-order valence-electron chi connectivity index (χ0n) is 19.6. The highest BCUT2D eigenvalue weighted by Gasteiger charge is 2.39. The fourth-order valence-electron chi connectivity index (χ4n) is 4.47. The van der Waals surface area contributed by atoms with Gasteiger partial charge in [0.05, 0.1) is 27.8 Å². The Morgan fingerprint density at radius 2 is 1.68 bits per heavy atom. The summed E-state index contributed by atoms with van der Waals surface area (Å²) in [6.45, 7) is 1.17. The van der Waals surface area contributed by atoms with Crippen LogP contribution in [-0.4, -0.2) is 68.1 Å². The van der Waals surface area contributed by atoms with Gasteiger partial charge in [-0.15, -0.1) is 0 Å². The quantitative estimate of drug-likeness (QED) is 0.598. The van der Waals surface area contributed by atoms with Crippen LogP contribution in [0.5, 0.6) is 17.2 Å². The molecule has 0 saturated carbocycles. The van der Waals surface area contributed by atoms with Crippen molar-refractivity contribution < 1.29 is 28.6 Å². The van der Waals surface area contributed by atoms with Crippen molar-refractivity contribution in [3.05, 3.63) is 53.1 Å². The minimum Gasteiger partial charge on any atom is -0.496 e. The monoisotopic (exact) mass is 467 g/mol. The van der Waals surface area contributed by atoms with E-state index >= 15 is 0 Å². The van der Waals surface area contributed by atoms with E-state index in [0.717, 1.165) is 16.7 Å². The molecule has 0 aliphatic carbocycles. The molecule has 0 radical (unpaired) electrons. The predicted octanol–water partition coefficient (Wildman–Crippen LogP) is 2.15. The molecule has 4 rings (SSSR count). The van der Waals surface area contributed by atoms with Gasteiger partial charge in [0.15, 0.2) is 11.5 Å². The second kappa shape index (κ2) is 10.0. The molecule has 2 aliphatic heterocycles. The maximum absolute atomic E-state index is 13.0. The average Bonchev–Trinajstić information content (AvgIpc) is 3.13. The van der Waals surface area contributed by atoms with Gasteiger partial charge in [0.1, 0.15) is 11.8 Å². The van der Waals surface area contributed by atoms with Crippen molar-refractivity contribution in [2.24, 2.45) is 0 Å². The molecule has 9 nitrogen and oxygen atoms in total. The molecule has 0 bridgehead atoms. The molecule has 0 unspecified atom stereocenters. The van der Waals surface area contributed by atoms with E-state index in [1.807, 2.05) is 36.4 Å². The summed E-state index contributed by atoms with van der Waals surface area (Å²) in [6, 6.07) is 9.98. The van der Waals surface area contributed by atoms with E-state index < -0.39 is 12.1 Å². The molecule has 34 heavy (non-hydrogen) atoms. The molecule has 2 aromatic rings. The molecule has 9 heteroatoms. The van der Waals surface area contributed by atoms with Crippen molar-refractivity contribution in [3.8, 4) is 17.2 Å². The first kappa shape index (κ1) is 23.4. The minimum absolute atomic E-state index is 0.0711. The number of carbonyl (C=O) groups excluding carboxylic acids is 3. The first-order chi connectivity index (χ1) is 16.4. The highest BCUT2D eigenvalue weighted by molar-refractivity contribution is 6.05. The number of ether oxygens (including phenoxy) is 3. The zero-order chi connectivity index (χ0) is 24.2. The lowest BCUT2D eigenvalue weighted by Gasteiger charge is -2.30. The van der Waals surface area contributed by atoms with Crippen molar-refractivity contribution in [2.75, 3.05) is 34.4 Å². The molecule has 2 aliphatic rings. The first-order valence-corrected chi connectivity index (χ1v) is 11.2. The number of fused-ring (bicyclic) bond motifs is 1. The summed E-state index contributed by atoms with van der Waals surface area (Å²) in [5.74, 6) is 1.43. The zero-order valence-corrected chi connectivity index (χ0v) is 19.6. The minimum atomic E-state index is -0.857. The number of amides is 4. The fourth-order valence-corrected chi connectivity index (χ4v) is 4.47. The van der Waals surface area contributed by atoms with E-state index in [4.69, 9.17) is 14.2 Å². The topological polar surface area (TPSA) is 97.4 Å². The molecule has 2 aromatic carbocycles. The average molecular weight is 468 g/mol. The maximum atomic E-state index is 13.0. The second-order valence-corrected chi connectivity index (χ2v) is 8.30. The Morgan fingerprint density at radius 3 is 2.38 bits per heavy atom. The molecule has 0 spiro atoms. The number of imide groups is 1. The molecule has 1 fully saturated rings. The van der Waals surface area contributed by atoms with Crippen LogP contribution >= 0.6 is 0 Å². The van der Waals surface area contributed by atoms with Gasteiger partial charge >= 0.3 is 6.03 Å². The van der Waals surface area contributed by atoms with Crippen molar-refractivity contribution >= 4 is 17.8 Å². The number of hydrogen-bond donors (Lipinski definition) is 1. The van der Waals surface area contributed by atoms with Gasteiger partial charge in [-0.1, -0.05) is 18.2 Å². The summed E-state index contributed by atoms with van der Waals surface area (Å²) in [5, 5.41) is 2.66. The predicted molar refractivity (Wildman–Crippen MR) is 124 cm³/mol. The Bertz CT molecular complexity index is 1100. The summed E-state index contributed by atoms with van der Waals surface area (Å²) < 4.78 is 16.1. The SMILES string of the molecule is COc1ccccc1CCN1C(=O)N[C@H](CC(=O)N2CCc3cc(OC)c(OC)cc3C2)C1=O. The number of rotatable bonds is 8. The van der Waals surface area contributed by atoms with Crippen LogP contribution in [0.25, 0.3) is 0 Å². The van der Waals surface area contributed by atoms with Gasteiger partial charge in [0.25, 0.3) is 5.91 Å². The molecule has 180 valence electrons. The van der Waals surface area contributed by atoms with Gasteiger partial charge in [0.2, 0.25) is 5.91 Å². The summed E-state index contributed by atoms with van der Waals surface area (Å²) in [4.78, 5) is 41.2. The largest absolute Gasteiger partial charge is 0.496 e. The van der Waals surface area contributed by atoms with E-state index in [2.05, 4.69) is 5.32 Å². The summed E-state index contributed by atoms with van der Waals surface area (Å²) >= 11 is 0. The lowest BCUT2D eigenvalue weighted by Crippen LogP contribution is -2.41. The normalized spacial score (nSPS) is 17.3. The van der Waals surface area contributed by atoms with Gasteiger partial charge in [-0.2, -0.15) is 0 Å². The van der Waals surface area contributed by atoms with E-state index in [1.165, 1.54) is 4.90 Å². The van der Waals surface area contributed by atoms with Crippen molar-refractivity contribution in [1.29, 1.82) is 0 Å². The van der Waals surface area contributed by atoms with Crippen LogP contribution in [0.3, 0.4) is 0 Å². The molecular formula is C25H29N3O6. The Labute approximate surface area is 198 Å². The van der Waals surface area contributed by atoms with E-state index in [0.29, 0.717) is 43.2 Å². The number of methoxy groups -OCH3 is 3. The van der Waals surface area contributed by atoms with Gasteiger partial charge in [0, 0.05) is 19.6 Å².